The van der Waals surface area contributed by atoms with Crippen LogP contribution in [0.5, 0.6) is 5.75 Å². The minimum atomic E-state index is -0.383. The van der Waals surface area contributed by atoms with E-state index < -0.39 is 0 Å². The van der Waals surface area contributed by atoms with Crippen molar-refractivity contribution >= 4 is 56.7 Å². The summed E-state index contributed by atoms with van der Waals surface area (Å²) < 4.78 is 11.3. The minimum absolute atomic E-state index is 0.204. The molecule has 0 saturated carbocycles. The monoisotopic (exact) mass is 385 g/mol. The van der Waals surface area contributed by atoms with Crippen molar-refractivity contribution < 1.29 is 13.9 Å². The molecule has 4 aromatic rings. The quantitative estimate of drug-likeness (QED) is 0.459. The number of furan rings is 1. The van der Waals surface area contributed by atoms with Crippen LogP contribution in [0, 0.1) is 0 Å². The molecule has 0 fully saturated rings. The molecule has 0 radical (unpaired) electrons. The van der Waals surface area contributed by atoms with Gasteiger partial charge in [-0.25, -0.2) is 0 Å². The van der Waals surface area contributed by atoms with Crippen LogP contribution in [0.25, 0.3) is 21.9 Å². The SMILES string of the molecule is COc1cc2c(cc1NC(=O)c1cccc(Cl)c1Cl)oc1ccccc12. The summed E-state index contributed by atoms with van der Waals surface area (Å²) in [4.78, 5) is 12.6. The van der Waals surface area contributed by atoms with E-state index in [1.54, 1.807) is 31.4 Å². The van der Waals surface area contributed by atoms with E-state index in [4.69, 9.17) is 32.4 Å². The summed E-state index contributed by atoms with van der Waals surface area (Å²) in [5, 5.41) is 5.23. The summed E-state index contributed by atoms with van der Waals surface area (Å²) in [7, 11) is 1.55. The van der Waals surface area contributed by atoms with Crippen molar-refractivity contribution in [3.8, 4) is 5.75 Å². The summed E-state index contributed by atoms with van der Waals surface area (Å²) in [5.74, 6) is 0.141. The summed E-state index contributed by atoms with van der Waals surface area (Å²) in [6, 6.07) is 16.2. The molecule has 26 heavy (non-hydrogen) atoms. The largest absolute Gasteiger partial charge is 0.495 e. The second-order valence-electron chi connectivity index (χ2n) is 5.70. The highest BCUT2D eigenvalue weighted by atomic mass is 35.5. The minimum Gasteiger partial charge on any atom is -0.495 e. The molecule has 0 saturated heterocycles. The van der Waals surface area contributed by atoms with Crippen LogP contribution in [-0.4, -0.2) is 13.0 Å². The first-order valence-corrected chi connectivity index (χ1v) is 8.58. The van der Waals surface area contributed by atoms with Crippen molar-refractivity contribution in [1.29, 1.82) is 0 Å². The Labute approximate surface area is 159 Å². The normalized spacial score (nSPS) is 11.0. The number of carbonyl (C=O) groups excluding carboxylic acids is 1. The lowest BCUT2D eigenvalue weighted by molar-refractivity contribution is 0.102. The third-order valence-corrected chi connectivity index (χ3v) is 4.96. The molecule has 1 aromatic heterocycles. The number of nitrogens with one attached hydrogen (secondary N) is 1. The number of fused-ring (bicyclic) bond motifs is 3. The van der Waals surface area contributed by atoms with Gasteiger partial charge in [0.1, 0.15) is 16.9 Å². The van der Waals surface area contributed by atoms with Gasteiger partial charge in [0.15, 0.2) is 0 Å². The Morgan fingerprint density at radius 3 is 2.62 bits per heavy atom. The van der Waals surface area contributed by atoms with E-state index in [-0.39, 0.29) is 16.5 Å². The average Bonchev–Trinajstić information content (AvgIpc) is 3.00. The zero-order valence-electron chi connectivity index (χ0n) is 13.7. The second-order valence-corrected chi connectivity index (χ2v) is 6.49. The standard InChI is InChI=1S/C20H13Cl2NO3/c1-25-18-9-13-11-5-2-3-8-16(11)26-17(13)10-15(18)23-20(24)12-6-4-7-14(21)19(12)22/h2-10H,1H3,(H,23,24). The number of benzene rings is 3. The topological polar surface area (TPSA) is 51.5 Å². The first-order chi connectivity index (χ1) is 12.6. The van der Waals surface area contributed by atoms with Gasteiger partial charge in [0, 0.05) is 16.8 Å². The number of hydrogen-bond donors (Lipinski definition) is 1. The molecule has 0 aliphatic carbocycles. The molecule has 0 spiro atoms. The Hall–Kier alpha value is -2.69. The third-order valence-electron chi connectivity index (χ3n) is 4.14. The predicted octanol–water partition coefficient (Wildman–Crippen LogP) is 6.15. The molecule has 1 N–H and O–H groups in total. The van der Waals surface area contributed by atoms with Gasteiger partial charge in [0.25, 0.3) is 5.91 Å². The van der Waals surface area contributed by atoms with Gasteiger partial charge in [0.2, 0.25) is 0 Å². The molecule has 4 nitrogen and oxygen atoms in total. The fraction of sp³-hybridized carbons (Fsp3) is 0.0500. The molecule has 130 valence electrons. The average molecular weight is 386 g/mol. The van der Waals surface area contributed by atoms with Gasteiger partial charge in [-0.1, -0.05) is 47.5 Å². The fourth-order valence-corrected chi connectivity index (χ4v) is 3.27. The molecule has 0 aliphatic heterocycles. The van der Waals surface area contributed by atoms with Crippen molar-refractivity contribution in [3.05, 3.63) is 70.2 Å². The van der Waals surface area contributed by atoms with Crippen LogP contribution in [0.15, 0.2) is 59.0 Å². The number of methoxy groups -OCH3 is 1. The predicted molar refractivity (Wildman–Crippen MR) is 105 cm³/mol. The van der Waals surface area contributed by atoms with E-state index >= 15 is 0 Å². The van der Waals surface area contributed by atoms with Gasteiger partial charge in [-0.3, -0.25) is 4.79 Å². The number of carbonyl (C=O) groups is 1. The lowest BCUT2D eigenvalue weighted by atomic mass is 10.1. The molecule has 3 aromatic carbocycles. The summed E-state index contributed by atoms with van der Waals surface area (Å²) >= 11 is 12.1. The molecule has 0 atom stereocenters. The molecule has 1 amide bonds. The zero-order chi connectivity index (χ0) is 18.3. The molecular weight excluding hydrogens is 373 g/mol. The van der Waals surface area contributed by atoms with Gasteiger partial charge in [-0.15, -0.1) is 0 Å². The van der Waals surface area contributed by atoms with E-state index in [1.807, 2.05) is 30.3 Å². The Morgan fingerprint density at radius 1 is 1.00 bits per heavy atom. The lowest BCUT2D eigenvalue weighted by Crippen LogP contribution is -2.13. The number of ether oxygens (including phenoxy) is 1. The Balaban J connectivity index is 1.79. The van der Waals surface area contributed by atoms with Crippen LogP contribution in [-0.2, 0) is 0 Å². The maximum atomic E-state index is 12.6. The van der Waals surface area contributed by atoms with Crippen molar-refractivity contribution in [2.75, 3.05) is 12.4 Å². The number of para-hydroxylation sites is 1. The first-order valence-electron chi connectivity index (χ1n) is 7.83. The first kappa shape index (κ1) is 16.8. The number of halogens is 2. The van der Waals surface area contributed by atoms with E-state index in [0.29, 0.717) is 22.0 Å². The van der Waals surface area contributed by atoms with E-state index in [9.17, 15) is 4.79 Å². The van der Waals surface area contributed by atoms with Crippen molar-refractivity contribution in [3.63, 3.8) is 0 Å². The van der Waals surface area contributed by atoms with Crippen LogP contribution in [0.2, 0.25) is 10.0 Å². The number of anilines is 1. The highest BCUT2D eigenvalue weighted by Crippen LogP contribution is 2.37. The number of hydrogen-bond acceptors (Lipinski definition) is 3. The van der Waals surface area contributed by atoms with Gasteiger partial charge < -0.3 is 14.5 Å². The maximum absolute atomic E-state index is 12.6. The summed E-state index contributed by atoms with van der Waals surface area (Å²) in [6.07, 6.45) is 0. The molecule has 6 heteroatoms. The van der Waals surface area contributed by atoms with Gasteiger partial charge >= 0.3 is 0 Å². The van der Waals surface area contributed by atoms with E-state index in [2.05, 4.69) is 5.32 Å². The van der Waals surface area contributed by atoms with Gasteiger partial charge in [0.05, 0.1) is 28.4 Å². The van der Waals surface area contributed by atoms with E-state index in [0.717, 1.165) is 16.4 Å². The van der Waals surface area contributed by atoms with Gasteiger partial charge in [-0.05, 0) is 24.3 Å². The van der Waals surface area contributed by atoms with Crippen LogP contribution in [0.3, 0.4) is 0 Å². The molecule has 0 bridgehead atoms. The van der Waals surface area contributed by atoms with E-state index in [1.165, 1.54) is 0 Å². The summed E-state index contributed by atoms with van der Waals surface area (Å²) in [5.41, 5.74) is 2.19. The molecule has 0 aliphatic rings. The lowest BCUT2D eigenvalue weighted by Gasteiger charge is -2.11. The zero-order valence-corrected chi connectivity index (χ0v) is 15.2. The molecule has 4 rings (SSSR count). The Morgan fingerprint density at radius 2 is 1.81 bits per heavy atom. The highest BCUT2D eigenvalue weighted by Gasteiger charge is 2.17. The number of rotatable bonds is 3. The smallest absolute Gasteiger partial charge is 0.257 e. The van der Waals surface area contributed by atoms with Crippen molar-refractivity contribution in [2.45, 2.75) is 0 Å². The van der Waals surface area contributed by atoms with Crippen LogP contribution in [0.1, 0.15) is 10.4 Å². The van der Waals surface area contributed by atoms with Crippen molar-refractivity contribution in [1.82, 2.24) is 0 Å². The maximum Gasteiger partial charge on any atom is 0.257 e. The molecular formula is C20H13Cl2NO3. The fourth-order valence-electron chi connectivity index (χ4n) is 2.89. The number of amides is 1. The second kappa shape index (κ2) is 6.56. The Kier molecular flexibility index (Phi) is 4.23. The molecule has 1 heterocycles. The van der Waals surface area contributed by atoms with Crippen LogP contribution in [0.4, 0.5) is 5.69 Å². The van der Waals surface area contributed by atoms with Crippen molar-refractivity contribution in [2.24, 2.45) is 0 Å². The van der Waals surface area contributed by atoms with Crippen LogP contribution < -0.4 is 10.1 Å². The Bertz CT molecular complexity index is 1150. The third kappa shape index (κ3) is 2.77. The van der Waals surface area contributed by atoms with Crippen LogP contribution >= 0.6 is 23.2 Å². The highest BCUT2D eigenvalue weighted by molar-refractivity contribution is 6.44. The molecule has 0 unspecified atom stereocenters. The summed E-state index contributed by atoms with van der Waals surface area (Å²) in [6.45, 7) is 0. The van der Waals surface area contributed by atoms with Gasteiger partial charge in [-0.2, -0.15) is 0 Å².